The van der Waals surface area contributed by atoms with Gasteiger partial charge in [0.25, 0.3) is 0 Å². The van der Waals surface area contributed by atoms with Gasteiger partial charge in [-0.1, -0.05) is 23.4 Å². The van der Waals surface area contributed by atoms with Crippen molar-refractivity contribution in [3.05, 3.63) is 71.3 Å². The lowest BCUT2D eigenvalue weighted by atomic mass is 9.92. The highest BCUT2D eigenvalue weighted by atomic mass is 16.5. The minimum atomic E-state index is 0.00146. The number of aryl methyl sites for hydroxylation is 1. The summed E-state index contributed by atoms with van der Waals surface area (Å²) in [7, 11) is 0. The standard InChI is InChI=1S/C19H20N4O2/c24-12-14-4-1-7-17(10-14)25-13-16-11-23(22-21-16)18-8-2-5-15-6-3-9-20-19(15)18/h1,3-4,6-7,9-11,18,24H,2,5,8,12-13H2. The summed E-state index contributed by atoms with van der Waals surface area (Å²) >= 11 is 0. The van der Waals surface area contributed by atoms with Crippen LogP contribution in [0.1, 0.15) is 41.4 Å². The SMILES string of the molecule is OCc1cccc(OCc2cn(C3CCCc4cccnc43)nn2)c1. The van der Waals surface area contributed by atoms with Crippen LogP contribution < -0.4 is 4.74 Å². The first kappa shape index (κ1) is 15.8. The molecule has 1 atom stereocenters. The zero-order valence-electron chi connectivity index (χ0n) is 13.9. The molecule has 0 fully saturated rings. The number of aliphatic hydroxyl groups excluding tert-OH is 1. The highest BCUT2D eigenvalue weighted by molar-refractivity contribution is 5.28. The molecule has 0 spiro atoms. The van der Waals surface area contributed by atoms with Gasteiger partial charge >= 0.3 is 0 Å². The Morgan fingerprint density at radius 1 is 1.24 bits per heavy atom. The first-order valence-electron chi connectivity index (χ1n) is 8.50. The Morgan fingerprint density at radius 2 is 2.20 bits per heavy atom. The number of hydrogen-bond donors (Lipinski definition) is 1. The number of ether oxygens (including phenoxy) is 1. The Labute approximate surface area is 146 Å². The van der Waals surface area contributed by atoms with Gasteiger partial charge in [0.05, 0.1) is 24.5 Å². The van der Waals surface area contributed by atoms with Crippen LogP contribution in [0.15, 0.2) is 48.8 Å². The van der Waals surface area contributed by atoms with Crippen LogP contribution in [0.3, 0.4) is 0 Å². The highest BCUT2D eigenvalue weighted by Gasteiger charge is 2.24. The second-order valence-electron chi connectivity index (χ2n) is 6.24. The van der Waals surface area contributed by atoms with E-state index in [0.29, 0.717) is 12.4 Å². The largest absolute Gasteiger partial charge is 0.487 e. The molecule has 3 aromatic rings. The van der Waals surface area contributed by atoms with Gasteiger partial charge in [0.1, 0.15) is 18.1 Å². The molecule has 0 aliphatic heterocycles. The molecule has 1 aromatic carbocycles. The van der Waals surface area contributed by atoms with Gasteiger partial charge in [-0.05, 0) is 48.6 Å². The fourth-order valence-corrected chi connectivity index (χ4v) is 3.27. The number of benzene rings is 1. The molecule has 1 aliphatic carbocycles. The van der Waals surface area contributed by atoms with Crippen molar-refractivity contribution in [2.24, 2.45) is 0 Å². The molecule has 0 radical (unpaired) electrons. The van der Waals surface area contributed by atoms with Crippen molar-refractivity contribution in [1.29, 1.82) is 0 Å². The number of rotatable bonds is 5. The van der Waals surface area contributed by atoms with Crippen LogP contribution in [0.25, 0.3) is 0 Å². The van der Waals surface area contributed by atoms with Crippen molar-refractivity contribution < 1.29 is 9.84 Å². The van der Waals surface area contributed by atoms with E-state index in [1.807, 2.05) is 47.4 Å². The van der Waals surface area contributed by atoms with E-state index < -0.39 is 0 Å². The van der Waals surface area contributed by atoms with Crippen molar-refractivity contribution in [2.45, 2.75) is 38.5 Å². The van der Waals surface area contributed by atoms with E-state index in [1.165, 1.54) is 5.56 Å². The maximum Gasteiger partial charge on any atom is 0.134 e. The third kappa shape index (κ3) is 3.39. The number of aliphatic hydroxyl groups is 1. The number of fused-ring (bicyclic) bond motifs is 1. The zero-order valence-corrected chi connectivity index (χ0v) is 13.9. The molecule has 0 saturated carbocycles. The van der Waals surface area contributed by atoms with Crippen molar-refractivity contribution in [3.8, 4) is 5.75 Å². The second-order valence-corrected chi connectivity index (χ2v) is 6.24. The zero-order chi connectivity index (χ0) is 17.1. The van der Waals surface area contributed by atoms with E-state index in [1.54, 1.807) is 0 Å². The van der Waals surface area contributed by atoms with E-state index in [0.717, 1.165) is 36.2 Å². The van der Waals surface area contributed by atoms with Gasteiger partial charge < -0.3 is 9.84 Å². The lowest BCUT2D eigenvalue weighted by molar-refractivity contribution is 0.277. The lowest BCUT2D eigenvalue weighted by Crippen LogP contribution is -2.19. The molecular weight excluding hydrogens is 316 g/mol. The Balaban J connectivity index is 1.48. The summed E-state index contributed by atoms with van der Waals surface area (Å²) < 4.78 is 7.66. The molecule has 2 aromatic heterocycles. The van der Waals surface area contributed by atoms with E-state index in [2.05, 4.69) is 21.4 Å². The topological polar surface area (TPSA) is 73.1 Å². The normalized spacial score (nSPS) is 16.4. The van der Waals surface area contributed by atoms with Crippen LogP contribution in [-0.4, -0.2) is 25.1 Å². The summed E-state index contributed by atoms with van der Waals surface area (Å²) in [5, 5.41) is 17.7. The molecule has 0 saturated heterocycles. The van der Waals surface area contributed by atoms with Gasteiger partial charge in [-0.15, -0.1) is 5.10 Å². The lowest BCUT2D eigenvalue weighted by Gasteiger charge is -2.23. The van der Waals surface area contributed by atoms with Gasteiger partial charge in [0, 0.05) is 6.20 Å². The van der Waals surface area contributed by atoms with E-state index in [9.17, 15) is 5.11 Å². The third-order valence-corrected chi connectivity index (χ3v) is 4.51. The van der Waals surface area contributed by atoms with Gasteiger partial charge in [-0.3, -0.25) is 4.98 Å². The summed E-state index contributed by atoms with van der Waals surface area (Å²) in [5.74, 6) is 0.714. The minimum absolute atomic E-state index is 0.00146. The molecule has 2 heterocycles. The first-order valence-corrected chi connectivity index (χ1v) is 8.50. The van der Waals surface area contributed by atoms with E-state index >= 15 is 0 Å². The van der Waals surface area contributed by atoms with E-state index in [-0.39, 0.29) is 12.6 Å². The molecule has 128 valence electrons. The fourth-order valence-electron chi connectivity index (χ4n) is 3.27. The summed E-state index contributed by atoms with van der Waals surface area (Å²) in [6.45, 7) is 0.345. The third-order valence-electron chi connectivity index (χ3n) is 4.51. The summed E-state index contributed by atoms with van der Waals surface area (Å²) in [5.41, 5.74) is 4.00. The number of aromatic nitrogens is 4. The van der Waals surface area contributed by atoms with Crippen LogP contribution in [0.2, 0.25) is 0 Å². The number of nitrogens with zero attached hydrogens (tertiary/aromatic N) is 4. The van der Waals surface area contributed by atoms with Crippen LogP contribution >= 0.6 is 0 Å². The first-order chi connectivity index (χ1) is 12.3. The Bertz CT molecular complexity index is 862. The highest BCUT2D eigenvalue weighted by Crippen LogP contribution is 2.30. The average Bonchev–Trinajstić information content (AvgIpc) is 3.15. The smallest absolute Gasteiger partial charge is 0.134 e. The van der Waals surface area contributed by atoms with Crippen molar-refractivity contribution in [3.63, 3.8) is 0 Å². The fraction of sp³-hybridized carbons (Fsp3) is 0.316. The monoisotopic (exact) mass is 336 g/mol. The van der Waals surface area contributed by atoms with Gasteiger partial charge in [-0.2, -0.15) is 0 Å². The molecule has 0 amide bonds. The molecule has 6 heteroatoms. The van der Waals surface area contributed by atoms with Crippen LogP contribution in [0, 0.1) is 0 Å². The van der Waals surface area contributed by atoms with Crippen molar-refractivity contribution >= 4 is 0 Å². The average molecular weight is 336 g/mol. The summed E-state index contributed by atoms with van der Waals surface area (Å²) in [6.07, 6.45) is 7.00. The Hall–Kier alpha value is -2.73. The number of pyridine rings is 1. The molecule has 1 aliphatic rings. The molecule has 6 nitrogen and oxygen atoms in total. The van der Waals surface area contributed by atoms with Crippen LogP contribution in [0.5, 0.6) is 5.75 Å². The Morgan fingerprint density at radius 3 is 3.12 bits per heavy atom. The van der Waals surface area contributed by atoms with E-state index in [4.69, 9.17) is 4.74 Å². The molecule has 1 N–H and O–H groups in total. The predicted molar refractivity (Wildman–Crippen MR) is 92.0 cm³/mol. The molecule has 0 bridgehead atoms. The maximum absolute atomic E-state index is 9.19. The van der Waals surface area contributed by atoms with Gasteiger partial charge in [0.15, 0.2) is 0 Å². The molecule has 4 rings (SSSR count). The number of hydrogen-bond acceptors (Lipinski definition) is 5. The maximum atomic E-state index is 9.19. The van der Waals surface area contributed by atoms with Crippen molar-refractivity contribution in [2.75, 3.05) is 0 Å². The van der Waals surface area contributed by atoms with Crippen LogP contribution in [0.4, 0.5) is 0 Å². The van der Waals surface area contributed by atoms with Gasteiger partial charge in [-0.25, -0.2) is 4.68 Å². The van der Waals surface area contributed by atoms with Gasteiger partial charge in [0.2, 0.25) is 0 Å². The summed E-state index contributed by atoms with van der Waals surface area (Å²) in [4.78, 5) is 4.56. The summed E-state index contributed by atoms with van der Waals surface area (Å²) in [6, 6.07) is 11.7. The second kappa shape index (κ2) is 7.03. The van der Waals surface area contributed by atoms with Crippen LogP contribution in [-0.2, 0) is 19.6 Å². The quantitative estimate of drug-likeness (QED) is 0.775. The predicted octanol–water partition coefficient (Wildman–Crippen LogP) is 2.67. The molecule has 25 heavy (non-hydrogen) atoms. The molecular formula is C19H20N4O2. The minimum Gasteiger partial charge on any atom is -0.487 e. The molecule has 1 unspecified atom stereocenters. The van der Waals surface area contributed by atoms with Crippen molar-refractivity contribution in [1.82, 2.24) is 20.0 Å². The Kier molecular flexibility index (Phi) is 4.43.